The lowest BCUT2D eigenvalue weighted by Gasteiger charge is -2.04. The number of hydrogen-bond donors (Lipinski definition) is 1. The van der Waals surface area contributed by atoms with Gasteiger partial charge in [-0.15, -0.1) is 0 Å². The molecule has 0 radical (unpaired) electrons. The molecule has 0 unspecified atom stereocenters. The van der Waals surface area contributed by atoms with Gasteiger partial charge in [-0.2, -0.15) is 0 Å². The largest absolute Gasteiger partial charge is 0.346 e. The van der Waals surface area contributed by atoms with Gasteiger partial charge in [0.1, 0.15) is 0 Å². The number of hydrogen-bond acceptors (Lipinski definition) is 0. The van der Waals surface area contributed by atoms with Gasteiger partial charge in [0, 0.05) is 12.3 Å². The van der Waals surface area contributed by atoms with E-state index < -0.39 is 0 Å². The zero-order valence-corrected chi connectivity index (χ0v) is 6.66. The van der Waals surface area contributed by atoms with E-state index in [1.807, 2.05) is 0 Å². The summed E-state index contributed by atoms with van der Waals surface area (Å²) in [5.74, 6) is 0.816. The van der Waals surface area contributed by atoms with Crippen molar-refractivity contribution in [2.45, 2.75) is 12.3 Å². The van der Waals surface area contributed by atoms with Crippen LogP contribution in [0, 0.1) is 0 Å². The first kappa shape index (κ1) is 6.86. The van der Waals surface area contributed by atoms with Crippen molar-refractivity contribution in [3.8, 4) is 0 Å². The van der Waals surface area contributed by atoms with Crippen LogP contribution in [0.1, 0.15) is 17.9 Å². The summed E-state index contributed by atoms with van der Waals surface area (Å²) in [5.41, 5.74) is 1.52. The van der Waals surface area contributed by atoms with Crippen molar-refractivity contribution >= 4 is 0 Å². The molecule has 11 heavy (non-hydrogen) atoms. The van der Waals surface area contributed by atoms with Gasteiger partial charge in [-0.3, -0.25) is 0 Å². The zero-order chi connectivity index (χ0) is 7.52. The van der Waals surface area contributed by atoms with Crippen LogP contribution < -0.4 is 5.32 Å². The molecule has 1 saturated heterocycles. The van der Waals surface area contributed by atoms with Crippen LogP contribution in [0.3, 0.4) is 0 Å². The van der Waals surface area contributed by atoms with E-state index in [-0.39, 0.29) is 0 Å². The van der Waals surface area contributed by atoms with Crippen molar-refractivity contribution in [1.82, 2.24) is 0 Å². The Morgan fingerprint density at radius 2 is 2.00 bits per heavy atom. The minimum Gasteiger partial charge on any atom is -0.346 e. The lowest BCUT2D eigenvalue weighted by atomic mass is 9.99. The highest BCUT2D eigenvalue weighted by Gasteiger charge is 2.18. The Bertz CT molecular complexity index is 212. The maximum atomic E-state index is 2.40. The highest BCUT2D eigenvalue weighted by Crippen LogP contribution is 2.18. The summed E-state index contributed by atoms with van der Waals surface area (Å²) in [7, 11) is 0. The molecule has 0 bridgehead atoms. The van der Waals surface area contributed by atoms with Gasteiger partial charge in [-0.25, -0.2) is 0 Å². The predicted molar refractivity (Wildman–Crippen MR) is 45.5 cm³/mol. The monoisotopic (exact) mass is 148 g/mol. The molecule has 1 aromatic rings. The lowest BCUT2D eigenvalue weighted by Crippen LogP contribution is -2.81. The molecule has 1 nitrogen and oxygen atoms in total. The molecule has 1 aromatic carbocycles. The first-order valence-electron chi connectivity index (χ1n) is 4.33. The minimum absolute atomic E-state index is 0.816. The fraction of sp³-hybridized carbons (Fsp3) is 0.400. The fourth-order valence-electron chi connectivity index (χ4n) is 1.78. The molecule has 0 spiro atoms. The summed E-state index contributed by atoms with van der Waals surface area (Å²) in [6.45, 7) is 2.59. The van der Waals surface area contributed by atoms with Crippen LogP contribution in [0.4, 0.5) is 0 Å². The molecule has 0 aromatic heterocycles. The van der Waals surface area contributed by atoms with Crippen molar-refractivity contribution < 1.29 is 5.32 Å². The van der Waals surface area contributed by atoms with E-state index in [4.69, 9.17) is 0 Å². The highest BCUT2D eigenvalue weighted by atomic mass is 14.9. The van der Waals surface area contributed by atoms with Gasteiger partial charge < -0.3 is 5.32 Å². The molecule has 1 aliphatic heterocycles. The topological polar surface area (TPSA) is 16.6 Å². The van der Waals surface area contributed by atoms with E-state index in [1.165, 1.54) is 25.1 Å². The third-order valence-corrected chi connectivity index (χ3v) is 2.44. The Kier molecular flexibility index (Phi) is 1.91. The lowest BCUT2D eigenvalue weighted by molar-refractivity contribution is -0.636. The average Bonchev–Trinajstić information content (AvgIpc) is 2.58. The van der Waals surface area contributed by atoms with Crippen LogP contribution >= 0.6 is 0 Å². The van der Waals surface area contributed by atoms with Gasteiger partial charge in [0.05, 0.1) is 13.1 Å². The third kappa shape index (κ3) is 1.43. The molecular weight excluding hydrogens is 134 g/mol. The van der Waals surface area contributed by atoms with E-state index in [1.54, 1.807) is 0 Å². The van der Waals surface area contributed by atoms with Gasteiger partial charge >= 0.3 is 0 Å². The van der Waals surface area contributed by atoms with E-state index in [9.17, 15) is 0 Å². The van der Waals surface area contributed by atoms with Gasteiger partial charge in [-0.05, 0) is 5.56 Å². The maximum absolute atomic E-state index is 2.40. The number of quaternary nitrogens is 1. The number of benzene rings is 1. The van der Waals surface area contributed by atoms with Gasteiger partial charge in [0.15, 0.2) is 0 Å². The number of rotatable bonds is 1. The highest BCUT2D eigenvalue weighted by molar-refractivity contribution is 5.19. The molecule has 58 valence electrons. The molecule has 0 saturated carbocycles. The standard InChI is InChI=1S/C10H13N/c1-2-4-9(5-3-1)10-6-7-11-8-10/h1-5,10-11H,6-8H2/p+1/t10-/m1/s1. The Labute approximate surface area is 67.4 Å². The average molecular weight is 148 g/mol. The van der Waals surface area contributed by atoms with Crippen molar-refractivity contribution in [2.75, 3.05) is 13.1 Å². The Morgan fingerprint density at radius 3 is 2.64 bits per heavy atom. The van der Waals surface area contributed by atoms with Gasteiger partial charge in [0.25, 0.3) is 0 Å². The van der Waals surface area contributed by atoms with Crippen molar-refractivity contribution in [3.63, 3.8) is 0 Å². The second kappa shape index (κ2) is 3.05. The molecule has 1 aliphatic rings. The van der Waals surface area contributed by atoms with Crippen LogP contribution in [0.15, 0.2) is 30.3 Å². The summed E-state index contributed by atoms with van der Waals surface area (Å²) in [4.78, 5) is 0. The summed E-state index contributed by atoms with van der Waals surface area (Å²) in [6.07, 6.45) is 1.35. The summed E-state index contributed by atoms with van der Waals surface area (Å²) < 4.78 is 0. The smallest absolute Gasteiger partial charge is 0.0827 e. The Balaban J connectivity index is 2.16. The van der Waals surface area contributed by atoms with E-state index in [0.29, 0.717) is 0 Å². The maximum Gasteiger partial charge on any atom is 0.0827 e. The minimum atomic E-state index is 0.816. The van der Waals surface area contributed by atoms with Crippen molar-refractivity contribution in [1.29, 1.82) is 0 Å². The Morgan fingerprint density at radius 1 is 1.18 bits per heavy atom. The molecule has 0 amide bonds. The SMILES string of the molecule is c1ccc([C@@H]2CC[NH2+]C2)cc1. The summed E-state index contributed by atoms with van der Waals surface area (Å²) >= 11 is 0. The molecular formula is C10H14N+. The molecule has 1 atom stereocenters. The Hall–Kier alpha value is -0.820. The zero-order valence-electron chi connectivity index (χ0n) is 6.66. The van der Waals surface area contributed by atoms with E-state index >= 15 is 0 Å². The van der Waals surface area contributed by atoms with Crippen molar-refractivity contribution in [3.05, 3.63) is 35.9 Å². The molecule has 1 fully saturated rings. The van der Waals surface area contributed by atoms with Gasteiger partial charge in [-0.1, -0.05) is 30.3 Å². The van der Waals surface area contributed by atoms with Crippen LogP contribution in [0.25, 0.3) is 0 Å². The molecule has 1 heterocycles. The first-order chi connectivity index (χ1) is 5.47. The normalized spacial score (nSPS) is 23.8. The second-order valence-electron chi connectivity index (χ2n) is 3.21. The molecule has 2 rings (SSSR count). The molecule has 0 aliphatic carbocycles. The molecule has 2 N–H and O–H groups in total. The second-order valence-corrected chi connectivity index (χ2v) is 3.21. The van der Waals surface area contributed by atoms with Crippen molar-refractivity contribution in [2.24, 2.45) is 0 Å². The predicted octanol–water partition coefficient (Wildman–Crippen LogP) is 0.737. The van der Waals surface area contributed by atoms with Crippen LogP contribution in [-0.2, 0) is 0 Å². The van der Waals surface area contributed by atoms with E-state index in [2.05, 4.69) is 35.6 Å². The van der Waals surface area contributed by atoms with E-state index in [0.717, 1.165) is 5.92 Å². The van der Waals surface area contributed by atoms with Gasteiger partial charge in [0.2, 0.25) is 0 Å². The van der Waals surface area contributed by atoms with Crippen LogP contribution in [0.5, 0.6) is 0 Å². The summed E-state index contributed by atoms with van der Waals surface area (Å²) in [5, 5.41) is 2.40. The fourth-order valence-corrected chi connectivity index (χ4v) is 1.78. The number of nitrogens with two attached hydrogens (primary N) is 1. The first-order valence-corrected chi connectivity index (χ1v) is 4.33. The molecule has 1 heteroatoms. The third-order valence-electron chi connectivity index (χ3n) is 2.44. The quantitative estimate of drug-likeness (QED) is 0.605. The van der Waals surface area contributed by atoms with Crippen LogP contribution in [0.2, 0.25) is 0 Å². The van der Waals surface area contributed by atoms with Crippen LogP contribution in [-0.4, -0.2) is 13.1 Å². The summed E-state index contributed by atoms with van der Waals surface area (Å²) in [6, 6.07) is 10.8.